The molecule has 3 aliphatic rings. The van der Waals surface area contributed by atoms with E-state index in [0.717, 1.165) is 0 Å². The van der Waals surface area contributed by atoms with Gasteiger partial charge in [0.15, 0.2) is 11.5 Å². The van der Waals surface area contributed by atoms with Crippen LogP contribution in [0, 0.1) is 6.92 Å². The topological polar surface area (TPSA) is 236 Å². The van der Waals surface area contributed by atoms with Crippen molar-refractivity contribution in [3.63, 3.8) is 0 Å². The summed E-state index contributed by atoms with van der Waals surface area (Å²) in [5.74, 6) is -2.45. The maximum absolute atomic E-state index is 14.1. The number of hydrogen-bond acceptors (Lipinski definition) is 14. The number of fused-ring (bicyclic) bond motifs is 2. The molecule has 2 aromatic carbocycles. The van der Waals surface area contributed by atoms with Gasteiger partial charge in [0, 0.05) is 5.92 Å². The Hall–Kier alpha value is -2.89. The number of methoxy groups -OCH3 is 1. The summed E-state index contributed by atoms with van der Waals surface area (Å²) in [5, 5.41) is 93.0. The summed E-state index contributed by atoms with van der Waals surface area (Å²) in [6.45, 7) is 0.270. The van der Waals surface area contributed by atoms with Gasteiger partial charge in [-0.25, -0.2) is 0 Å². The van der Waals surface area contributed by atoms with Crippen LogP contribution in [0.25, 0.3) is 0 Å². The average Bonchev–Trinajstić information content (AvgIpc) is 2.97. The molecular weight excluding hydrogens is 560 g/mol. The van der Waals surface area contributed by atoms with E-state index in [1.54, 1.807) is 13.0 Å². The molecule has 2 aromatic rings. The van der Waals surface area contributed by atoms with Crippen LogP contribution in [0.1, 0.15) is 38.5 Å². The zero-order chi connectivity index (χ0) is 30.6. The first kappa shape index (κ1) is 30.6. The van der Waals surface area contributed by atoms with E-state index in [0.29, 0.717) is 5.56 Å². The first-order valence-corrected chi connectivity index (χ1v) is 13.3. The summed E-state index contributed by atoms with van der Waals surface area (Å²) in [7, 11) is 1.24. The summed E-state index contributed by atoms with van der Waals surface area (Å²) < 4.78 is 22.7. The fourth-order valence-electron chi connectivity index (χ4n) is 5.99. The molecule has 5 rings (SSSR count). The summed E-state index contributed by atoms with van der Waals surface area (Å²) in [4.78, 5) is 14.1. The van der Waals surface area contributed by atoms with Gasteiger partial charge in [-0.2, -0.15) is 0 Å². The molecule has 0 radical (unpaired) electrons. The van der Waals surface area contributed by atoms with E-state index in [1.807, 2.05) is 0 Å². The Morgan fingerprint density at radius 2 is 1.40 bits per heavy atom. The highest BCUT2D eigenvalue weighted by Gasteiger charge is 2.51. The lowest BCUT2D eigenvalue weighted by Gasteiger charge is -2.45. The molecule has 11 atom stereocenters. The van der Waals surface area contributed by atoms with Gasteiger partial charge in [-0.3, -0.25) is 4.79 Å². The lowest BCUT2D eigenvalue weighted by Crippen LogP contribution is -2.60. The van der Waals surface area contributed by atoms with Crippen molar-refractivity contribution in [1.82, 2.24) is 0 Å². The van der Waals surface area contributed by atoms with E-state index in [1.165, 1.54) is 25.3 Å². The van der Waals surface area contributed by atoms with Crippen molar-refractivity contribution in [2.24, 2.45) is 0 Å². The van der Waals surface area contributed by atoms with Crippen molar-refractivity contribution in [2.75, 3.05) is 20.3 Å². The maximum Gasteiger partial charge on any atom is 0.229 e. The molecule has 14 nitrogen and oxygen atoms in total. The second kappa shape index (κ2) is 11.7. The van der Waals surface area contributed by atoms with Crippen LogP contribution in [0.2, 0.25) is 0 Å². The minimum absolute atomic E-state index is 0.115. The van der Waals surface area contributed by atoms with E-state index in [4.69, 9.17) is 18.9 Å². The second-order valence-corrected chi connectivity index (χ2v) is 10.7. The number of ether oxygens (including phenoxy) is 4. The third-order valence-electron chi connectivity index (χ3n) is 8.12. The first-order valence-electron chi connectivity index (χ1n) is 13.3. The largest absolute Gasteiger partial charge is 0.504 e. The Kier molecular flexibility index (Phi) is 8.48. The van der Waals surface area contributed by atoms with Crippen LogP contribution in [0.5, 0.6) is 17.2 Å². The van der Waals surface area contributed by atoms with Gasteiger partial charge in [-0.05, 0) is 35.7 Å². The minimum Gasteiger partial charge on any atom is -0.504 e. The fourth-order valence-corrected chi connectivity index (χ4v) is 5.99. The molecule has 2 aliphatic heterocycles. The maximum atomic E-state index is 14.1. The van der Waals surface area contributed by atoms with Crippen LogP contribution in [0.4, 0.5) is 0 Å². The van der Waals surface area contributed by atoms with Crippen molar-refractivity contribution >= 4 is 5.78 Å². The minimum atomic E-state index is -1.79. The number of benzene rings is 2. The van der Waals surface area contributed by atoms with E-state index in [-0.39, 0.29) is 39.5 Å². The summed E-state index contributed by atoms with van der Waals surface area (Å²) in [6.07, 6.45) is -15.8. The van der Waals surface area contributed by atoms with Crippen molar-refractivity contribution < 1.29 is 69.7 Å². The van der Waals surface area contributed by atoms with Gasteiger partial charge >= 0.3 is 0 Å². The first-order chi connectivity index (χ1) is 19.9. The quantitative estimate of drug-likeness (QED) is 0.167. The van der Waals surface area contributed by atoms with Crippen LogP contribution in [0.15, 0.2) is 24.3 Å². The summed E-state index contributed by atoms with van der Waals surface area (Å²) >= 11 is 0. The Balaban J connectivity index is 1.69. The third kappa shape index (κ3) is 4.83. The molecule has 14 heteroatoms. The SMILES string of the molecule is COc1c(O)ccc2c1C(=O)c1c(O[C@@H]3O[C@H](CO)[C@@H](O)[C@H](O)[C@H]3O)cc(C)cc1C2[C@@H]1O[C@H](CO)[C@@H](O)[C@H](O)[C@H]1O. The van der Waals surface area contributed by atoms with Gasteiger partial charge in [-0.1, -0.05) is 12.1 Å². The molecule has 9 N–H and O–H groups in total. The van der Waals surface area contributed by atoms with Gasteiger partial charge < -0.3 is 64.9 Å². The zero-order valence-corrected chi connectivity index (χ0v) is 22.6. The van der Waals surface area contributed by atoms with Crippen LogP contribution in [-0.4, -0.2) is 133 Å². The Morgan fingerprint density at radius 3 is 2.02 bits per heavy atom. The molecule has 2 heterocycles. The van der Waals surface area contributed by atoms with Crippen LogP contribution < -0.4 is 9.47 Å². The van der Waals surface area contributed by atoms with Crippen molar-refractivity contribution in [1.29, 1.82) is 0 Å². The Bertz CT molecular complexity index is 1330. The van der Waals surface area contributed by atoms with E-state index >= 15 is 0 Å². The van der Waals surface area contributed by atoms with E-state index < -0.39 is 86.1 Å². The molecule has 0 bridgehead atoms. The molecule has 0 saturated carbocycles. The van der Waals surface area contributed by atoms with Gasteiger partial charge in [-0.15, -0.1) is 0 Å². The van der Waals surface area contributed by atoms with Gasteiger partial charge in [0.1, 0.15) is 54.6 Å². The molecule has 0 spiro atoms. The molecule has 0 amide bonds. The number of phenols is 1. The third-order valence-corrected chi connectivity index (χ3v) is 8.12. The Morgan fingerprint density at radius 1 is 0.786 bits per heavy atom. The molecule has 1 aliphatic carbocycles. The lowest BCUT2D eigenvalue weighted by atomic mass is 9.71. The lowest BCUT2D eigenvalue weighted by molar-refractivity contribution is -0.277. The fraction of sp³-hybridized carbons (Fsp3) is 0.536. The van der Waals surface area contributed by atoms with Crippen LogP contribution in [0.3, 0.4) is 0 Å². The van der Waals surface area contributed by atoms with Crippen molar-refractivity contribution in [2.45, 2.75) is 74.1 Å². The molecule has 230 valence electrons. The van der Waals surface area contributed by atoms with Crippen molar-refractivity contribution in [3.05, 3.63) is 52.1 Å². The number of aliphatic hydroxyl groups excluding tert-OH is 8. The van der Waals surface area contributed by atoms with Crippen LogP contribution >= 0.6 is 0 Å². The number of aryl methyl sites for hydroxylation is 1. The number of phenolic OH excluding ortho intramolecular Hbond substituents is 1. The molecular formula is C28H34O14. The summed E-state index contributed by atoms with van der Waals surface area (Å²) in [5.41, 5.74) is 0.787. The zero-order valence-electron chi connectivity index (χ0n) is 22.6. The molecule has 2 saturated heterocycles. The predicted molar refractivity (Wildman–Crippen MR) is 139 cm³/mol. The standard InChI is InChI=1S/C28H34O14/c1-9-5-11-16(27-24(37)22(35)19(32)14(7-29)40-27)10-3-4-12(31)26(39-2)18(10)21(34)17(11)13(6-9)41-28-25(38)23(36)20(33)15(8-30)42-28/h3-6,14-16,19-20,22-25,27-33,35-38H,7-8H2,1-2H3/t14-,15-,16?,19-,20-,22+,23+,24-,25-,27+,28-/m1/s1. The summed E-state index contributed by atoms with van der Waals surface area (Å²) in [6, 6.07) is 5.78. The number of carbonyl (C=O) groups excluding carboxylic acids is 1. The van der Waals surface area contributed by atoms with Gasteiger partial charge in [0.05, 0.1) is 37.6 Å². The van der Waals surface area contributed by atoms with Crippen molar-refractivity contribution in [3.8, 4) is 17.2 Å². The highest BCUT2D eigenvalue weighted by molar-refractivity contribution is 6.16. The highest BCUT2D eigenvalue weighted by atomic mass is 16.7. The smallest absolute Gasteiger partial charge is 0.229 e. The number of carbonyl (C=O) groups is 1. The highest BCUT2D eigenvalue weighted by Crippen LogP contribution is 2.50. The average molecular weight is 595 g/mol. The predicted octanol–water partition coefficient (Wildman–Crippen LogP) is -2.59. The second-order valence-electron chi connectivity index (χ2n) is 10.7. The number of ketones is 1. The van der Waals surface area contributed by atoms with E-state index in [9.17, 15) is 50.8 Å². The normalized spacial score (nSPS) is 36.2. The number of aliphatic hydroxyl groups is 8. The molecule has 42 heavy (non-hydrogen) atoms. The van der Waals surface area contributed by atoms with Crippen LogP contribution in [-0.2, 0) is 9.47 Å². The molecule has 1 unspecified atom stereocenters. The number of rotatable bonds is 6. The molecule has 0 aromatic heterocycles. The van der Waals surface area contributed by atoms with Gasteiger partial charge in [0.25, 0.3) is 0 Å². The molecule has 2 fully saturated rings. The monoisotopic (exact) mass is 594 g/mol. The Labute approximate surface area is 239 Å². The van der Waals surface area contributed by atoms with Gasteiger partial charge in [0.2, 0.25) is 12.1 Å². The van der Waals surface area contributed by atoms with E-state index in [2.05, 4.69) is 0 Å². The number of hydrogen-bond donors (Lipinski definition) is 9. The number of aromatic hydroxyl groups is 1.